The molecule has 1 fully saturated rings. The standard InChI is InChI=1S/C11H18N4O/c1-7(2)10-13-8(12)5-9(14-10)15-11(6-16)3-4-11/h5,7,16H,3-4,6H2,1-2H3,(H3,12,13,14,15). The van der Waals surface area contributed by atoms with Gasteiger partial charge >= 0.3 is 0 Å². The third kappa shape index (κ3) is 2.24. The molecule has 0 aromatic carbocycles. The van der Waals surface area contributed by atoms with E-state index in [0.717, 1.165) is 18.7 Å². The van der Waals surface area contributed by atoms with Crippen molar-refractivity contribution in [3.05, 3.63) is 11.9 Å². The largest absolute Gasteiger partial charge is 0.394 e. The van der Waals surface area contributed by atoms with E-state index in [2.05, 4.69) is 15.3 Å². The number of nitrogens with two attached hydrogens (primary N) is 1. The summed E-state index contributed by atoms with van der Waals surface area (Å²) in [5.41, 5.74) is 5.55. The average Bonchev–Trinajstić information content (AvgIpc) is 2.97. The Bertz CT molecular complexity index is 388. The van der Waals surface area contributed by atoms with Gasteiger partial charge in [-0.05, 0) is 12.8 Å². The second-order valence-corrected chi connectivity index (χ2v) is 4.75. The van der Waals surface area contributed by atoms with E-state index < -0.39 is 0 Å². The van der Waals surface area contributed by atoms with E-state index in [0.29, 0.717) is 11.6 Å². The SMILES string of the molecule is CC(C)c1nc(N)cc(NC2(CO)CC2)n1. The van der Waals surface area contributed by atoms with Crippen LogP contribution in [0.15, 0.2) is 6.07 Å². The molecule has 1 saturated carbocycles. The minimum atomic E-state index is -0.172. The van der Waals surface area contributed by atoms with Crippen LogP contribution in [0, 0.1) is 0 Å². The third-order valence-corrected chi connectivity index (χ3v) is 2.83. The number of rotatable bonds is 4. The highest BCUT2D eigenvalue weighted by atomic mass is 16.3. The van der Waals surface area contributed by atoms with Gasteiger partial charge in [0.2, 0.25) is 0 Å². The molecule has 5 heteroatoms. The van der Waals surface area contributed by atoms with E-state index in [-0.39, 0.29) is 18.1 Å². The Morgan fingerprint density at radius 3 is 2.69 bits per heavy atom. The maximum atomic E-state index is 9.23. The molecular formula is C11H18N4O. The van der Waals surface area contributed by atoms with Crippen molar-refractivity contribution in [3.63, 3.8) is 0 Å². The first-order valence-electron chi connectivity index (χ1n) is 5.58. The topological polar surface area (TPSA) is 84.1 Å². The van der Waals surface area contributed by atoms with Crippen LogP contribution in [0.1, 0.15) is 38.4 Å². The molecule has 1 aromatic rings. The van der Waals surface area contributed by atoms with Crippen LogP contribution >= 0.6 is 0 Å². The highest BCUT2D eigenvalue weighted by molar-refractivity contribution is 5.48. The highest BCUT2D eigenvalue weighted by Gasteiger charge is 2.42. The van der Waals surface area contributed by atoms with E-state index in [1.54, 1.807) is 6.07 Å². The molecule has 4 N–H and O–H groups in total. The summed E-state index contributed by atoms with van der Waals surface area (Å²) < 4.78 is 0. The van der Waals surface area contributed by atoms with Crippen molar-refractivity contribution >= 4 is 11.6 Å². The number of nitrogens with zero attached hydrogens (tertiary/aromatic N) is 2. The zero-order valence-corrected chi connectivity index (χ0v) is 9.70. The lowest BCUT2D eigenvalue weighted by Gasteiger charge is -2.16. The number of aromatic nitrogens is 2. The first-order valence-corrected chi connectivity index (χ1v) is 5.58. The minimum absolute atomic E-state index is 0.133. The van der Waals surface area contributed by atoms with E-state index in [9.17, 15) is 5.11 Å². The summed E-state index contributed by atoms with van der Waals surface area (Å²) in [6.07, 6.45) is 1.95. The van der Waals surface area contributed by atoms with Gasteiger partial charge in [-0.15, -0.1) is 0 Å². The van der Waals surface area contributed by atoms with Crippen molar-refractivity contribution in [1.82, 2.24) is 9.97 Å². The van der Waals surface area contributed by atoms with Crippen LogP contribution in [0.4, 0.5) is 11.6 Å². The number of nitrogens with one attached hydrogen (secondary N) is 1. The van der Waals surface area contributed by atoms with Gasteiger partial charge in [0.25, 0.3) is 0 Å². The van der Waals surface area contributed by atoms with Gasteiger partial charge in [0.15, 0.2) is 0 Å². The second-order valence-electron chi connectivity index (χ2n) is 4.75. The molecule has 0 spiro atoms. The zero-order valence-electron chi connectivity index (χ0n) is 9.70. The summed E-state index contributed by atoms with van der Waals surface area (Å²) >= 11 is 0. The molecule has 0 unspecified atom stereocenters. The summed E-state index contributed by atoms with van der Waals surface area (Å²) in [5, 5.41) is 12.5. The fourth-order valence-electron chi connectivity index (χ4n) is 1.55. The lowest BCUT2D eigenvalue weighted by molar-refractivity contribution is 0.266. The first-order chi connectivity index (χ1) is 7.54. The molecule has 0 atom stereocenters. The molecule has 0 saturated heterocycles. The molecule has 0 amide bonds. The van der Waals surface area contributed by atoms with E-state index in [1.165, 1.54) is 0 Å². The summed E-state index contributed by atoms with van der Waals surface area (Å²) in [6.45, 7) is 4.18. The van der Waals surface area contributed by atoms with Gasteiger partial charge in [0, 0.05) is 12.0 Å². The highest BCUT2D eigenvalue weighted by Crippen LogP contribution is 2.38. The predicted octanol–water partition coefficient (Wildman–Crippen LogP) is 1.12. The Labute approximate surface area is 95.1 Å². The van der Waals surface area contributed by atoms with E-state index in [1.807, 2.05) is 13.8 Å². The van der Waals surface area contributed by atoms with Crippen molar-refractivity contribution in [2.45, 2.75) is 38.1 Å². The Morgan fingerprint density at radius 1 is 1.50 bits per heavy atom. The molecule has 1 heterocycles. The Morgan fingerprint density at radius 2 is 2.19 bits per heavy atom. The predicted molar refractivity (Wildman–Crippen MR) is 63.2 cm³/mol. The Balaban J connectivity index is 2.21. The Hall–Kier alpha value is -1.36. The van der Waals surface area contributed by atoms with Gasteiger partial charge in [0.05, 0.1) is 12.1 Å². The fraction of sp³-hybridized carbons (Fsp3) is 0.636. The van der Waals surface area contributed by atoms with Crippen LogP contribution in [0.25, 0.3) is 0 Å². The summed E-state index contributed by atoms with van der Waals surface area (Å²) in [5.74, 6) is 2.15. The van der Waals surface area contributed by atoms with E-state index >= 15 is 0 Å². The van der Waals surface area contributed by atoms with E-state index in [4.69, 9.17) is 5.73 Å². The molecule has 5 nitrogen and oxygen atoms in total. The minimum Gasteiger partial charge on any atom is -0.394 e. The van der Waals surface area contributed by atoms with Crippen molar-refractivity contribution in [2.24, 2.45) is 0 Å². The average molecular weight is 222 g/mol. The van der Waals surface area contributed by atoms with Crippen LogP contribution < -0.4 is 11.1 Å². The normalized spacial score (nSPS) is 17.5. The first kappa shape index (κ1) is 11.1. The molecule has 0 radical (unpaired) electrons. The van der Waals surface area contributed by atoms with Crippen molar-refractivity contribution in [3.8, 4) is 0 Å². The quantitative estimate of drug-likeness (QED) is 0.711. The number of hydrogen-bond acceptors (Lipinski definition) is 5. The molecule has 88 valence electrons. The fourth-order valence-corrected chi connectivity index (χ4v) is 1.55. The van der Waals surface area contributed by atoms with Gasteiger partial charge in [-0.2, -0.15) is 0 Å². The molecule has 0 bridgehead atoms. The molecular weight excluding hydrogens is 204 g/mol. The summed E-state index contributed by atoms with van der Waals surface area (Å²) in [4.78, 5) is 8.57. The molecule has 1 aromatic heterocycles. The lowest BCUT2D eigenvalue weighted by Crippen LogP contribution is -2.26. The van der Waals surface area contributed by atoms with Crippen LogP contribution in [0.3, 0.4) is 0 Å². The van der Waals surface area contributed by atoms with Gasteiger partial charge in [-0.1, -0.05) is 13.8 Å². The van der Waals surface area contributed by atoms with Crippen molar-refractivity contribution < 1.29 is 5.11 Å². The molecule has 1 aliphatic carbocycles. The molecule has 16 heavy (non-hydrogen) atoms. The van der Waals surface area contributed by atoms with Gasteiger partial charge in [0.1, 0.15) is 17.5 Å². The van der Waals surface area contributed by atoms with Crippen LogP contribution in [0.2, 0.25) is 0 Å². The Kier molecular flexibility index (Phi) is 2.71. The van der Waals surface area contributed by atoms with Crippen LogP contribution in [-0.2, 0) is 0 Å². The summed E-state index contributed by atoms with van der Waals surface area (Å²) in [6, 6.07) is 1.71. The molecule has 2 rings (SSSR count). The number of aliphatic hydroxyl groups excluding tert-OH is 1. The van der Waals surface area contributed by atoms with Crippen LogP contribution in [-0.4, -0.2) is 27.2 Å². The zero-order chi connectivity index (χ0) is 11.8. The number of hydrogen-bond donors (Lipinski definition) is 3. The molecule has 1 aliphatic rings. The number of nitrogen functional groups attached to an aromatic ring is 1. The van der Waals surface area contributed by atoms with Crippen molar-refractivity contribution in [1.29, 1.82) is 0 Å². The lowest BCUT2D eigenvalue weighted by atomic mass is 10.2. The van der Waals surface area contributed by atoms with Gasteiger partial charge in [-0.3, -0.25) is 0 Å². The summed E-state index contributed by atoms with van der Waals surface area (Å²) in [7, 11) is 0. The number of anilines is 2. The second kappa shape index (κ2) is 3.90. The maximum Gasteiger partial charge on any atom is 0.135 e. The monoisotopic (exact) mass is 222 g/mol. The van der Waals surface area contributed by atoms with Gasteiger partial charge in [-0.25, -0.2) is 9.97 Å². The maximum absolute atomic E-state index is 9.23. The molecule has 0 aliphatic heterocycles. The van der Waals surface area contributed by atoms with Crippen LogP contribution in [0.5, 0.6) is 0 Å². The number of aliphatic hydroxyl groups is 1. The smallest absolute Gasteiger partial charge is 0.135 e. The third-order valence-electron chi connectivity index (χ3n) is 2.83. The van der Waals surface area contributed by atoms with Gasteiger partial charge < -0.3 is 16.2 Å². The van der Waals surface area contributed by atoms with Crippen molar-refractivity contribution in [2.75, 3.05) is 17.7 Å².